The van der Waals surface area contributed by atoms with Gasteiger partial charge in [-0.05, 0) is 17.4 Å². The topological polar surface area (TPSA) is 142 Å². The fraction of sp³-hybridized carbons (Fsp3) is 0.583. The predicted molar refractivity (Wildman–Crippen MR) is 83.7 cm³/mol. The average Bonchev–Trinajstić information content (AvgIpc) is 3.07. The molecule has 1 aromatic heterocycles. The van der Waals surface area contributed by atoms with E-state index < -0.39 is 18.0 Å². The van der Waals surface area contributed by atoms with Crippen LogP contribution in [0.3, 0.4) is 0 Å². The number of amides is 1. The number of aliphatic hydroxyl groups excluding tert-OH is 2. The van der Waals surface area contributed by atoms with Crippen molar-refractivity contribution in [3.63, 3.8) is 0 Å². The van der Waals surface area contributed by atoms with Gasteiger partial charge in [0.15, 0.2) is 0 Å². The monoisotopic (exact) mass is 373 g/mol. The van der Waals surface area contributed by atoms with Crippen LogP contribution in [-0.4, -0.2) is 76.1 Å². The second kappa shape index (κ2) is 6.70. The lowest BCUT2D eigenvalue weighted by Crippen LogP contribution is -2.60. The van der Waals surface area contributed by atoms with Gasteiger partial charge in [-0.2, -0.15) is 0 Å². The van der Waals surface area contributed by atoms with Gasteiger partial charge in [-0.1, -0.05) is 11.8 Å². The van der Waals surface area contributed by atoms with Gasteiger partial charge >= 0.3 is 5.97 Å². The smallest absolute Gasteiger partial charge is 0.353 e. The summed E-state index contributed by atoms with van der Waals surface area (Å²) in [5.41, 5.74) is -0.0411. The van der Waals surface area contributed by atoms with Crippen molar-refractivity contribution in [3.8, 4) is 0 Å². The van der Waals surface area contributed by atoms with Crippen LogP contribution >= 0.6 is 23.5 Å². The Kier molecular flexibility index (Phi) is 4.80. The average molecular weight is 373 g/mol. The van der Waals surface area contributed by atoms with E-state index in [9.17, 15) is 19.8 Å². The van der Waals surface area contributed by atoms with Gasteiger partial charge < -0.3 is 15.3 Å². The zero-order valence-electron chi connectivity index (χ0n) is 12.6. The molecule has 1 unspecified atom stereocenters. The molecule has 3 heterocycles. The Hall–Kier alpha value is -1.63. The highest BCUT2D eigenvalue weighted by atomic mass is 32.2. The van der Waals surface area contributed by atoms with E-state index in [1.807, 2.05) is 0 Å². The number of hydrogen-bond acceptors (Lipinski definition) is 9. The summed E-state index contributed by atoms with van der Waals surface area (Å²) in [5.74, 6) is -1.85. The lowest BCUT2D eigenvalue weighted by atomic mass is 9.92. The summed E-state index contributed by atoms with van der Waals surface area (Å²) in [6.45, 7) is 1.65. The number of β-lactam (4-membered cyclic amide) rings is 1. The Morgan fingerprint density at radius 2 is 2.25 bits per heavy atom. The molecule has 2 aliphatic heterocycles. The number of nitrogens with zero attached hydrogens (tertiary/aromatic N) is 5. The SMILES string of the molecule is C[C@@H](O)C1C(=O)N2C(C(=O)O)=C(CSc3nnnn3CCO)S[C@H]12. The van der Waals surface area contributed by atoms with Crippen molar-refractivity contribution in [3.05, 3.63) is 10.6 Å². The number of thioether (sulfide) groups is 2. The highest BCUT2D eigenvalue weighted by Crippen LogP contribution is 2.51. The van der Waals surface area contributed by atoms with Crippen LogP contribution in [0.15, 0.2) is 15.8 Å². The van der Waals surface area contributed by atoms with Crippen molar-refractivity contribution in [1.29, 1.82) is 0 Å². The molecule has 24 heavy (non-hydrogen) atoms. The minimum atomic E-state index is -1.17. The van der Waals surface area contributed by atoms with Crippen molar-refractivity contribution in [2.45, 2.75) is 30.1 Å². The molecule has 0 bridgehead atoms. The number of fused-ring (bicyclic) bond motifs is 1. The van der Waals surface area contributed by atoms with Crippen LogP contribution in [0.5, 0.6) is 0 Å². The first-order valence-electron chi connectivity index (χ1n) is 7.09. The third-order valence-electron chi connectivity index (χ3n) is 3.72. The van der Waals surface area contributed by atoms with E-state index >= 15 is 0 Å². The molecule has 0 spiro atoms. The zero-order valence-corrected chi connectivity index (χ0v) is 14.2. The summed E-state index contributed by atoms with van der Waals surface area (Å²) in [6.07, 6.45) is -0.829. The summed E-state index contributed by atoms with van der Waals surface area (Å²) in [7, 11) is 0. The number of carboxylic acid groups (broad SMARTS) is 1. The Bertz CT molecular complexity index is 706. The summed E-state index contributed by atoms with van der Waals surface area (Å²) >= 11 is 2.50. The highest BCUT2D eigenvalue weighted by molar-refractivity contribution is 8.06. The fourth-order valence-corrected chi connectivity index (χ4v) is 5.23. The van der Waals surface area contributed by atoms with Gasteiger partial charge in [0, 0.05) is 10.7 Å². The molecule has 1 aromatic rings. The number of aliphatic carboxylic acids is 1. The fourth-order valence-electron chi connectivity index (χ4n) is 2.62. The van der Waals surface area contributed by atoms with Crippen molar-refractivity contribution in [2.24, 2.45) is 5.92 Å². The number of aliphatic hydroxyl groups is 2. The van der Waals surface area contributed by atoms with Crippen LogP contribution in [0, 0.1) is 5.92 Å². The molecule has 12 heteroatoms. The van der Waals surface area contributed by atoms with E-state index in [0.29, 0.717) is 10.1 Å². The first kappa shape index (κ1) is 17.2. The largest absolute Gasteiger partial charge is 0.477 e. The second-order valence-corrected chi connectivity index (χ2v) is 7.41. The normalized spacial score (nSPS) is 24.1. The van der Waals surface area contributed by atoms with Gasteiger partial charge in [-0.25, -0.2) is 9.48 Å². The minimum Gasteiger partial charge on any atom is -0.477 e. The molecule has 1 amide bonds. The minimum absolute atomic E-state index is 0.0411. The van der Waals surface area contributed by atoms with Gasteiger partial charge in [0.1, 0.15) is 11.1 Å². The number of rotatable bonds is 7. The quantitative estimate of drug-likeness (QED) is 0.401. The van der Waals surface area contributed by atoms with Crippen molar-refractivity contribution < 1.29 is 24.9 Å². The van der Waals surface area contributed by atoms with Gasteiger partial charge in [0.25, 0.3) is 0 Å². The molecule has 3 atom stereocenters. The lowest BCUT2D eigenvalue weighted by molar-refractivity contribution is -0.156. The van der Waals surface area contributed by atoms with E-state index in [1.54, 1.807) is 0 Å². The van der Waals surface area contributed by atoms with E-state index in [-0.39, 0.29) is 35.9 Å². The van der Waals surface area contributed by atoms with Crippen molar-refractivity contribution in [2.75, 3.05) is 12.4 Å². The molecule has 0 saturated carbocycles. The highest BCUT2D eigenvalue weighted by Gasteiger charge is 2.57. The number of carbonyl (C=O) groups excluding carboxylic acids is 1. The molecule has 10 nitrogen and oxygen atoms in total. The van der Waals surface area contributed by atoms with Crippen LogP contribution < -0.4 is 0 Å². The molecule has 1 saturated heterocycles. The van der Waals surface area contributed by atoms with Gasteiger partial charge in [-0.3, -0.25) is 9.69 Å². The summed E-state index contributed by atoms with van der Waals surface area (Å²) < 4.78 is 1.42. The van der Waals surface area contributed by atoms with Crippen molar-refractivity contribution >= 4 is 35.4 Å². The van der Waals surface area contributed by atoms with Crippen molar-refractivity contribution in [1.82, 2.24) is 25.1 Å². The summed E-state index contributed by atoms with van der Waals surface area (Å²) in [5, 5.41) is 39.2. The first-order valence-corrected chi connectivity index (χ1v) is 8.96. The Morgan fingerprint density at radius 1 is 1.50 bits per heavy atom. The number of aromatic nitrogens is 4. The maximum absolute atomic E-state index is 12.1. The molecular formula is C12H15N5O5S2. The van der Waals surface area contributed by atoms with Crippen LogP contribution in [-0.2, 0) is 16.1 Å². The zero-order chi connectivity index (χ0) is 17.4. The summed E-state index contributed by atoms with van der Waals surface area (Å²) in [4.78, 5) is 25.4. The third-order valence-corrected chi connectivity index (χ3v) is 6.25. The molecule has 3 N–H and O–H groups in total. The van der Waals surface area contributed by atoms with Crippen LogP contribution in [0.2, 0.25) is 0 Å². The molecule has 130 valence electrons. The maximum atomic E-state index is 12.1. The van der Waals surface area contributed by atoms with E-state index in [1.165, 1.54) is 40.0 Å². The number of hydrogen-bond donors (Lipinski definition) is 3. The Morgan fingerprint density at radius 3 is 2.88 bits per heavy atom. The Balaban J connectivity index is 1.76. The molecule has 3 rings (SSSR count). The molecule has 2 aliphatic rings. The molecule has 0 aromatic carbocycles. The maximum Gasteiger partial charge on any atom is 0.353 e. The summed E-state index contributed by atoms with van der Waals surface area (Å²) in [6, 6.07) is 0. The number of tetrazole rings is 1. The third kappa shape index (κ3) is 2.79. The van der Waals surface area contributed by atoms with E-state index in [2.05, 4.69) is 15.5 Å². The predicted octanol–water partition coefficient (Wildman–Crippen LogP) is -1.03. The van der Waals surface area contributed by atoms with Gasteiger partial charge in [0.05, 0.1) is 25.2 Å². The molecular weight excluding hydrogens is 358 g/mol. The number of carboxylic acids is 1. The van der Waals surface area contributed by atoms with E-state index in [4.69, 9.17) is 5.11 Å². The second-order valence-electron chi connectivity index (χ2n) is 5.26. The lowest BCUT2D eigenvalue weighted by Gasteiger charge is -2.43. The number of carbonyl (C=O) groups is 2. The van der Waals surface area contributed by atoms with Crippen LogP contribution in [0.1, 0.15) is 6.92 Å². The van der Waals surface area contributed by atoms with Crippen LogP contribution in [0.4, 0.5) is 0 Å². The molecule has 0 radical (unpaired) electrons. The van der Waals surface area contributed by atoms with Gasteiger partial charge in [-0.15, -0.1) is 16.9 Å². The first-order chi connectivity index (χ1) is 11.5. The van der Waals surface area contributed by atoms with E-state index in [0.717, 1.165) is 0 Å². The molecule has 1 fully saturated rings. The van der Waals surface area contributed by atoms with Gasteiger partial charge in [0.2, 0.25) is 11.1 Å². The molecule has 0 aliphatic carbocycles. The van der Waals surface area contributed by atoms with Crippen LogP contribution in [0.25, 0.3) is 0 Å². The Labute approximate surface area is 144 Å². The standard InChI is InChI=1S/C12H15N5O5S2/c1-5(19)7-9(20)17-8(11(21)22)6(24-10(7)17)4-23-12-13-14-15-16(12)2-3-18/h5,7,10,18-19H,2-4H2,1H3,(H,21,22)/t5-,7?,10-/m1/s1.